The van der Waals surface area contributed by atoms with E-state index in [1.165, 1.54) is 6.26 Å². The lowest BCUT2D eigenvalue weighted by atomic mass is 9.98. The van der Waals surface area contributed by atoms with Crippen LogP contribution in [0.1, 0.15) is 45.2 Å². The average Bonchev–Trinajstić information content (AvgIpc) is 2.72. The number of benzene rings is 1. The van der Waals surface area contributed by atoms with Crippen molar-refractivity contribution in [2.24, 2.45) is 10.9 Å². The maximum atomic E-state index is 11.6. The minimum atomic E-state index is -3.09. The van der Waals surface area contributed by atoms with Crippen molar-refractivity contribution in [1.29, 1.82) is 0 Å². The standard InChI is InChI=1S/C21H36N4O4S.HI/c1-6-28-19-9-8-18(14-20(19)29-7-2)16(3)24-21(22-4)23-15-17-10-12-25(13-11-17)30(5,26)27;/h8-9,14,16-17H,6-7,10-13,15H2,1-5H3,(H2,22,23,24);1H. The molecule has 1 aliphatic rings. The molecule has 1 aliphatic heterocycles. The zero-order valence-electron chi connectivity index (χ0n) is 19.2. The average molecular weight is 569 g/mol. The van der Waals surface area contributed by atoms with Crippen molar-refractivity contribution >= 4 is 40.0 Å². The lowest BCUT2D eigenvalue weighted by Gasteiger charge is -2.30. The van der Waals surface area contributed by atoms with Crippen LogP contribution in [0.2, 0.25) is 0 Å². The van der Waals surface area contributed by atoms with Gasteiger partial charge in [0, 0.05) is 26.7 Å². The molecule has 1 aromatic rings. The molecule has 10 heteroatoms. The van der Waals surface area contributed by atoms with Crippen molar-refractivity contribution in [2.75, 3.05) is 46.2 Å². The van der Waals surface area contributed by atoms with E-state index in [-0.39, 0.29) is 30.0 Å². The largest absolute Gasteiger partial charge is 0.490 e. The Morgan fingerprint density at radius 2 is 1.81 bits per heavy atom. The second-order valence-corrected chi connectivity index (χ2v) is 9.48. The molecule has 0 radical (unpaired) electrons. The summed E-state index contributed by atoms with van der Waals surface area (Å²) in [5.74, 6) is 2.64. The monoisotopic (exact) mass is 568 g/mol. The van der Waals surface area contributed by atoms with Gasteiger partial charge >= 0.3 is 0 Å². The smallest absolute Gasteiger partial charge is 0.211 e. The highest BCUT2D eigenvalue weighted by Crippen LogP contribution is 2.30. The lowest BCUT2D eigenvalue weighted by molar-refractivity contribution is 0.274. The molecule has 8 nitrogen and oxygen atoms in total. The molecule has 2 rings (SSSR count). The van der Waals surface area contributed by atoms with Gasteiger partial charge in [0.15, 0.2) is 17.5 Å². The van der Waals surface area contributed by atoms with Gasteiger partial charge in [-0.2, -0.15) is 0 Å². The van der Waals surface area contributed by atoms with E-state index in [1.807, 2.05) is 32.0 Å². The molecule has 0 saturated carbocycles. The zero-order valence-corrected chi connectivity index (χ0v) is 22.3. The normalized spacial score (nSPS) is 16.9. The number of ether oxygens (including phenoxy) is 2. The Kier molecular flexibility index (Phi) is 11.9. The molecule has 2 N–H and O–H groups in total. The van der Waals surface area contributed by atoms with E-state index in [2.05, 4.69) is 22.5 Å². The summed E-state index contributed by atoms with van der Waals surface area (Å²) in [4.78, 5) is 4.33. The Morgan fingerprint density at radius 1 is 1.19 bits per heavy atom. The maximum Gasteiger partial charge on any atom is 0.211 e. The highest BCUT2D eigenvalue weighted by atomic mass is 127. The number of nitrogens with one attached hydrogen (secondary N) is 2. The molecular weight excluding hydrogens is 531 g/mol. The third-order valence-corrected chi connectivity index (χ3v) is 6.55. The first-order valence-electron chi connectivity index (χ1n) is 10.6. The fourth-order valence-corrected chi connectivity index (χ4v) is 4.38. The lowest BCUT2D eigenvalue weighted by Crippen LogP contribution is -2.44. The molecule has 1 saturated heterocycles. The number of piperidine rings is 1. The maximum absolute atomic E-state index is 11.6. The molecule has 1 aromatic carbocycles. The Balaban J connectivity index is 0.00000480. The number of aliphatic imine (C=N–C) groups is 1. The minimum absolute atomic E-state index is 0. The number of hydrogen-bond acceptors (Lipinski definition) is 5. The highest BCUT2D eigenvalue weighted by Gasteiger charge is 2.25. The van der Waals surface area contributed by atoms with E-state index in [4.69, 9.17) is 9.47 Å². The molecule has 1 heterocycles. The molecule has 0 aliphatic carbocycles. The first kappa shape index (κ1) is 27.8. The predicted octanol–water partition coefficient (Wildman–Crippen LogP) is 3.00. The summed E-state index contributed by atoms with van der Waals surface area (Å²) in [7, 11) is -1.34. The van der Waals surface area contributed by atoms with Gasteiger partial charge in [0.05, 0.1) is 25.5 Å². The summed E-state index contributed by atoms with van der Waals surface area (Å²) in [5.41, 5.74) is 1.08. The van der Waals surface area contributed by atoms with E-state index in [0.29, 0.717) is 32.2 Å². The minimum Gasteiger partial charge on any atom is -0.490 e. The topological polar surface area (TPSA) is 92.3 Å². The summed E-state index contributed by atoms with van der Waals surface area (Å²) in [6.07, 6.45) is 2.98. The van der Waals surface area contributed by atoms with E-state index in [0.717, 1.165) is 42.4 Å². The highest BCUT2D eigenvalue weighted by molar-refractivity contribution is 14.0. The number of halogens is 1. The van der Waals surface area contributed by atoms with Gasteiger partial charge in [0.2, 0.25) is 10.0 Å². The molecule has 1 unspecified atom stereocenters. The number of sulfonamides is 1. The number of guanidine groups is 1. The molecule has 0 amide bonds. The van der Waals surface area contributed by atoms with E-state index in [9.17, 15) is 8.42 Å². The van der Waals surface area contributed by atoms with E-state index >= 15 is 0 Å². The number of rotatable bonds is 9. The van der Waals surface area contributed by atoms with Crippen LogP contribution in [0.4, 0.5) is 0 Å². The van der Waals surface area contributed by atoms with Crippen molar-refractivity contribution in [3.05, 3.63) is 23.8 Å². The van der Waals surface area contributed by atoms with E-state index < -0.39 is 10.0 Å². The van der Waals surface area contributed by atoms with E-state index in [1.54, 1.807) is 11.4 Å². The second kappa shape index (κ2) is 13.3. The Bertz CT molecular complexity index is 812. The molecule has 0 spiro atoms. The summed E-state index contributed by atoms with van der Waals surface area (Å²) >= 11 is 0. The Morgan fingerprint density at radius 3 is 2.35 bits per heavy atom. The van der Waals surface area contributed by atoms with Gasteiger partial charge in [-0.3, -0.25) is 4.99 Å². The van der Waals surface area contributed by atoms with Gasteiger partial charge in [0.1, 0.15) is 0 Å². The van der Waals surface area contributed by atoms with Gasteiger partial charge in [-0.05, 0) is 57.2 Å². The Labute approximate surface area is 204 Å². The van der Waals surface area contributed by atoms with Crippen molar-refractivity contribution in [3.8, 4) is 11.5 Å². The first-order chi connectivity index (χ1) is 14.3. The van der Waals surface area contributed by atoms with Crippen molar-refractivity contribution in [2.45, 2.75) is 39.7 Å². The quantitative estimate of drug-likeness (QED) is 0.271. The number of nitrogens with zero attached hydrogens (tertiary/aromatic N) is 2. The van der Waals surface area contributed by atoms with Crippen LogP contribution in [-0.2, 0) is 10.0 Å². The molecular formula is C21H37IN4O4S. The van der Waals surface area contributed by atoms with Crippen LogP contribution in [0.25, 0.3) is 0 Å². The molecule has 31 heavy (non-hydrogen) atoms. The van der Waals surface area contributed by atoms with Gasteiger partial charge in [-0.1, -0.05) is 6.07 Å². The van der Waals surface area contributed by atoms with Gasteiger partial charge < -0.3 is 20.1 Å². The summed E-state index contributed by atoms with van der Waals surface area (Å²) < 4.78 is 36.2. The van der Waals surface area contributed by atoms with Crippen LogP contribution in [-0.4, -0.2) is 64.8 Å². The van der Waals surface area contributed by atoms with Gasteiger partial charge in [0.25, 0.3) is 0 Å². The van der Waals surface area contributed by atoms with Crippen LogP contribution in [0, 0.1) is 5.92 Å². The first-order valence-corrected chi connectivity index (χ1v) is 12.4. The molecule has 0 aromatic heterocycles. The van der Waals surface area contributed by atoms with Crippen LogP contribution in [0.3, 0.4) is 0 Å². The SMILES string of the molecule is CCOc1ccc(C(C)NC(=NC)NCC2CCN(S(C)(=O)=O)CC2)cc1OCC.I. The van der Waals surface area contributed by atoms with Gasteiger partial charge in [-0.15, -0.1) is 24.0 Å². The third-order valence-electron chi connectivity index (χ3n) is 5.24. The van der Waals surface area contributed by atoms with Crippen molar-refractivity contribution in [3.63, 3.8) is 0 Å². The second-order valence-electron chi connectivity index (χ2n) is 7.50. The number of hydrogen-bond donors (Lipinski definition) is 2. The predicted molar refractivity (Wildman–Crippen MR) is 136 cm³/mol. The molecule has 178 valence electrons. The summed E-state index contributed by atoms with van der Waals surface area (Å²) in [6, 6.07) is 5.99. The zero-order chi connectivity index (χ0) is 22.1. The Hall–Kier alpha value is -1.27. The fourth-order valence-electron chi connectivity index (χ4n) is 3.51. The molecule has 0 bridgehead atoms. The van der Waals surface area contributed by atoms with Crippen LogP contribution < -0.4 is 20.1 Å². The fraction of sp³-hybridized carbons (Fsp3) is 0.667. The van der Waals surface area contributed by atoms with Gasteiger partial charge in [-0.25, -0.2) is 12.7 Å². The summed E-state index contributed by atoms with van der Waals surface area (Å²) in [6.45, 7) is 9.07. The van der Waals surface area contributed by atoms with Crippen molar-refractivity contribution in [1.82, 2.24) is 14.9 Å². The van der Waals surface area contributed by atoms with Crippen molar-refractivity contribution < 1.29 is 17.9 Å². The molecule has 1 atom stereocenters. The summed E-state index contributed by atoms with van der Waals surface area (Å²) in [5, 5.41) is 6.79. The van der Waals surface area contributed by atoms with Crippen LogP contribution in [0.15, 0.2) is 23.2 Å². The third kappa shape index (κ3) is 8.64. The molecule has 1 fully saturated rings. The van der Waals surface area contributed by atoms with Crippen LogP contribution in [0.5, 0.6) is 11.5 Å². The van der Waals surface area contributed by atoms with Crippen LogP contribution >= 0.6 is 24.0 Å².